The van der Waals surface area contributed by atoms with Gasteiger partial charge in [0.25, 0.3) is 0 Å². The molecule has 1 fully saturated rings. The summed E-state index contributed by atoms with van der Waals surface area (Å²) >= 11 is 0. The van der Waals surface area contributed by atoms with E-state index in [0.29, 0.717) is 11.4 Å². The minimum absolute atomic E-state index is 0.146. The Hall–Kier alpha value is -1.63. The molecule has 1 aromatic rings. The fourth-order valence-corrected chi connectivity index (χ4v) is 2.00. The number of ether oxygens (including phenoxy) is 2. The molecule has 0 spiro atoms. The number of nitrogens with one attached hydrogen (secondary N) is 1. The summed E-state index contributed by atoms with van der Waals surface area (Å²) in [5, 5.41) is 22.0. The van der Waals surface area contributed by atoms with Gasteiger partial charge in [-0.2, -0.15) is 0 Å². The van der Waals surface area contributed by atoms with E-state index in [1.807, 2.05) is 0 Å². The van der Waals surface area contributed by atoms with Crippen molar-refractivity contribution in [2.75, 3.05) is 5.32 Å². The van der Waals surface area contributed by atoms with Crippen molar-refractivity contribution in [3.63, 3.8) is 0 Å². The maximum Gasteiger partial charge on any atom is 0.226 e. The summed E-state index contributed by atoms with van der Waals surface area (Å²) in [6.07, 6.45) is -2.54. The van der Waals surface area contributed by atoms with Gasteiger partial charge >= 0.3 is 0 Å². The van der Waals surface area contributed by atoms with Gasteiger partial charge in [0.2, 0.25) is 12.2 Å². The monoisotopic (exact) mass is 281 g/mol. The largest absolute Gasteiger partial charge is 0.462 e. The molecule has 0 unspecified atom stereocenters. The quantitative estimate of drug-likeness (QED) is 0.765. The molecular formula is C14H19NO5. The third-order valence-corrected chi connectivity index (χ3v) is 3.11. The first-order chi connectivity index (χ1) is 9.45. The van der Waals surface area contributed by atoms with Crippen LogP contribution in [0.3, 0.4) is 0 Å². The van der Waals surface area contributed by atoms with E-state index in [1.54, 1.807) is 31.2 Å². The number of hydrogen-bond acceptors (Lipinski definition) is 5. The molecule has 0 saturated carbocycles. The summed E-state index contributed by atoms with van der Waals surface area (Å²) in [4.78, 5) is 10.9. The van der Waals surface area contributed by atoms with E-state index in [0.717, 1.165) is 0 Å². The maximum absolute atomic E-state index is 10.9. The molecule has 0 aromatic heterocycles. The highest BCUT2D eigenvalue weighted by Gasteiger charge is 2.35. The molecule has 3 N–H and O–H groups in total. The topological polar surface area (TPSA) is 88.0 Å². The zero-order valence-corrected chi connectivity index (χ0v) is 11.4. The highest BCUT2D eigenvalue weighted by molar-refractivity contribution is 5.88. The first-order valence-electron chi connectivity index (χ1n) is 6.51. The Morgan fingerprint density at radius 2 is 1.95 bits per heavy atom. The van der Waals surface area contributed by atoms with Crippen LogP contribution in [-0.4, -0.2) is 40.7 Å². The fraction of sp³-hybridized carbons (Fsp3) is 0.500. The van der Waals surface area contributed by atoms with E-state index >= 15 is 0 Å². The van der Waals surface area contributed by atoms with Gasteiger partial charge in [0.1, 0.15) is 11.9 Å². The molecule has 4 atom stereocenters. The molecule has 0 aliphatic carbocycles. The van der Waals surface area contributed by atoms with Gasteiger partial charge < -0.3 is 25.0 Å². The second-order valence-electron chi connectivity index (χ2n) is 4.90. The number of amides is 1. The van der Waals surface area contributed by atoms with E-state index in [9.17, 15) is 15.0 Å². The van der Waals surface area contributed by atoms with Gasteiger partial charge in [-0.1, -0.05) is 0 Å². The maximum atomic E-state index is 10.9. The SMILES string of the molecule is CC(=O)Nc1ccc(O[C@@H]2O[C@@H](C)[C@H](O)C[C@H]2O)cc1. The van der Waals surface area contributed by atoms with E-state index in [2.05, 4.69) is 5.32 Å². The third-order valence-electron chi connectivity index (χ3n) is 3.11. The van der Waals surface area contributed by atoms with Crippen LogP contribution >= 0.6 is 0 Å². The van der Waals surface area contributed by atoms with Crippen molar-refractivity contribution in [3.8, 4) is 5.75 Å². The molecule has 1 aliphatic heterocycles. The number of aliphatic hydroxyl groups is 2. The Morgan fingerprint density at radius 3 is 2.55 bits per heavy atom. The minimum atomic E-state index is -0.878. The van der Waals surface area contributed by atoms with Crippen molar-refractivity contribution in [3.05, 3.63) is 24.3 Å². The lowest BCUT2D eigenvalue weighted by Crippen LogP contribution is -2.48. The van der Waals surface area contributed by atoms with Crippen LogP contribution in [0.2, 0.25) is 0 Å². The first-order valence-corrected chi connectivity index (χ1v) is 6.51. The lowest BCUT2D eigenvalue weighted by Gasteiger charge is -2.35. The number of rotatable bonds is 3. The van der Waals surface area contributed by atoms with Crippen LogP contribution in [0.5, 0.6) is 5.75 Å². The Morgan fingerprint density at radius 1 is 1.30 bits per heavy atom. The number of aliphatic hydroxyl groups excluding tert-OH is 2. The Kier molecular flexibility index (Phi) is 4.59. The van der Waals surface area contributed by atoms with Gasteiger partial charge in [-0.25, -0.2) is 0 Å². The Balaban J connectivity index is 1.97. The zero-order chi connectivity index (χ0) is 14.7. The van der Waals surface area contributed by atoms with Crippen LogP contribution in [0.15, 0.2) is 24.3 Å². The number of carbonyl (C=O) groups excluding carboxylic acids is 1. The molecular weight excluding hydrogens is 262 g/mol. The Bertz CT molecular complexity index is 461. The van der Waals surface area contributed by atoms with Gasteiger partial charge in [-0.05, 0) is 31.2 Å². The molecule has 6 heteroatoms. The minimum Gasteiger partial charge on any atom is -0.462 e. The van der Waals surface area contributed by atoms with E-state index < -0.39 is 18.5 Å². The number of benzene rings is 1. The summed E-state index contributed by atoms with van der Waals surface area (Å²) in [6, 6.07) is 6.75. The van der Waals surface area contributed by atoms with Crippen molar-refractivity contribution in [2.45, 2.75) is 44.9 Å². The first kappa shape index (κ1) is 14.8. The summed E-state index contributed by atoms with van der Waals surface area (Å²) < 4.78 is 11.0. The molecule has 1 aliphatic rings. The van der Waals surface area contributed by atoms with Crippen molar-refractivity contribution in [1.29, 1.82) is 0 Å². The molecule has 0 radical (unpaired) electrons. The predicted octanol–water partition coefficient (Wildman–Crippen LogP) is 0.880. The van der Waals surface area contributed by atoms with Crippen LogP contribution in [0, 0.1) is 0 Å². The number of carbonyl (C=O) groups is 1. The summed E-state index contributed by atoms with van der Waals surface area (Å²) in [7, 11) is 0. The number of hydrogen-bond donors (Lipinski definition) is 3. The van der Waals surface area contributed by atoms with Gasteiger partial charge in [-0.3, -0.25) is 4.79 Å². The van der Waals surface area contributed by atoms with Crippen LogP contribution in [0.25, 0.3) is 0 Å². The van der Waals surface area contributed by atoms with Crippen molar-refractivity contribution < 1.29 is 24.5 Å². The summed E-state index contributed by atoms with van der Waals surface area (Å²) in [5.74, 6) is 0.374. The average molecular weight is 281 g/mol. The molecule has 1 heterocycles. The van der Waals surface area contributed by atoms with Crippen LogP contribution < -0.4 is 10.1 Å². The lowest BCUT2D eigenvalue weighted by molar-refractivity contribution is -0.228. The number of anilines is 1. The zero-order valence-electron chi connectivity index (χ0n) is 11.4. The van der Waals surface area contributed by atoms with E-state index in [4.69, 9.17) is 9.47 Å². The molecule has 1 saturated heterocycles. The van der Waals surface area contributed by atoms with Crippen LogP contribution in [0.1, 0.15) is 20.3 Å². The van der Waals surface area contributed by atoms with E-state index in [1.165, 1.54) is 6.92 Å². The molecule has 0 bridgehead atoms. The summed E-state index contributed by atoms with van der Waals surface area (Å²) in [5.41, 5.74) is 0.666. The molecule has 1 amide bonds. The second-order valence-corrected chi connectivity index (χ2v) is 4.90. The normalized spacial score (nSPS) is 29.8. The predicted molar refractivity (Wildman–Crippen MR) is 72.3 cm³/mol. The third kappa shape index (κ3) is 3.69. The molecule has 20 heavy (non-hydrogen) atoms. The average Bonchev–Trinajstić information content (AvgIpc) is 2.37. The lowest BCUT2D eigenvalue weighted by atomic mass is 10.0. The standard InChI is InChI=1S/C14H19NO5/c1-8-12(17)7-13(18)14(19-8)20-11-5-3-10(4-6-11)15-9(2)16/h3-6,8,12-14,17-18H,7H2,1-2H3,(H,15,16)/t8-,12+,13+,14-/m0/s1. The van der Waals surface area contributed by atoms with Crippen molar-refractivity contribution >= 4 is 11.6 Å². The van der Waals surface area contributed by atoms with Crippen LogP contribution in [0.4, 0.5) is 5.69 Å². The second kappa shape index (κ2) is 6.21. The molecule has 2 rings (SSSR count). The van der Waals surface area contributed by atoms with Crippen molar-refractivity contribution in [1.82, 2.24) is 0 Å². The fourth-order valence-electron chi connectivity index (χ4n) is 2.00. The molecule has 6 nitrogen and oxygen atoms in total. The van der Waals surface area contributed by atoms with Gasteiger partial charge in [0.15, 0.2) is 0 Å². The molecule has 110 valence electrons. The van der Waals surface area contributed by atoms with Gasteiger partial charge in [0.05, 0.1) is 12.2 Å². The van der Waals surface area contributed by atoms with Gasteiger partial charge in [0, 0.05) is 19.0 Å². The molecule has 1 aromatic carbocycles. The smallest absolute Gasteiger partial charge is 0.226 e. The highest BCUT2D eigenvalue weighted by Crippen LogP contribution is 2.24. The van der Waals surface area contributed by atoms with Crippen LogP contribution in [-0.2, 0) is 9.53 Å². The highest BCUT2D eigenvalue weighted by atomic mass is 16.7. The van der Waals surface area contributed by atoms with E-state index in [-0.39, 0.29) is 18.4 Å². The van der Waals surface area contributed by atoms with Gasteiger partial charge in [-0.15, -0.1) is 0 Å². The summed E-state index contributed by atoms with van der Waals surface area (Å²) in [6.45, 7) is 3.16. The Labute approximate surface area is 117 Å². The van der Waals surface area contributed by atoms with Crippen molar-refractivity contribution in [2.24, 2.45) is 0 Å².